The van der Waals surface area contributed by atoms with Crippen molar-refractivity contribution in [2.24, 2.45) is 13.0 Å². The topological polar surface area (TPSA) is 19.7 Å². The second-order valence-corrected chi connectivity index (χ2v) is 3.14. The fraction of sp³-hybridized carbons (Fsp3) is 0.625. The summed E-state index contributed by atoms with van der Waals surface area (Å²) < 4.78 is 2.12. The van der Waals surface area contributed by atoms with Crippen LogP contribution < -0.4 is 4.57 Å². The molecule has 0 fully saturated rings. The number of aromatic nitrogens is 2. The van der Waals surface area contributed by atoms with Gasteiger partial charge in [-0.25, -0.2) is 9.55 Å². The third kappa shape index (κ3) is 1.59. The molecule has 0 aliphatic heterocycles. The van der Waals surface area contributed by atoms with Gasteiger partial charge in [-0.1, -0.05) is 13.8 Å². The summed E-state index contributed by atoms with van der Waals surface area (Å²) in [4.78, 5) is 3.07. The number of imidazole rings is 1. The van der Waals surface area contributed by atoms with E-state index in [1.165, 1.54) is 5.69 Å². The Bertz CT molecular complexity index is 201. The molecule has 1 heterocycles. The summed E-state index contributed by atoms with van der Waals surface area (Å²) in [6.07, 6.45) is 5.18. The number of hydrogen-bond acceptors (Lipinski definition) is 0. The Morgan fingerprint density at radius 2 is 2.30 bits per heavy atom. The van der Waals surface area contributed by atoms with E-state index in [-0.39, 0.29) is 0 Å². The first kappa shape index (κ1) is 7.32. The third-order valence-electron chi connectivity index (χ3n) is 1.59. The highest BCUT2D eigenvalue weighted by Crippen LogP contribution is 2.00. The highest BCUT2D eigenvalue weighted by Gasteiger charge is 2.05. The van der Waals surface area contributed by atoms with Crippen LogP contribution in [0.4, 0.5) is 0 Å². The minimum Gasteiger partial charge on any atom is -0.250 e. The molecule has 2 nitrogen and oxygen atoms in total. The van der Waals surface area contributed by atoms with Crippen LogP contribution in [0.1, 0.15) is 19.5 Å². The smallest absolute Gasteiger partial charge is 0.241 e. The fourth-order valence-corrected chi connectivity index (χ4v) is 1.05. The Hall–Kier alpha value is -0.790. The lowest BCUT2D eigenvalue weighted by atomic mass is 10.1. The maximum absolute atomic E-state index is 3.07. The van der Waals surface area contributed by atoms with Gasteiger partial charge in [0.1, 0.15) is 11.9 Å². The summed E-state index contributed by atoms with van der Waals surface area (Å²) in [7, 11) is 2.06. The molecule has 0 spiro atoms. The Morgan fingerprint density at radius 1 is 1.60 bits per heavy atom. The standard InChI is InChI=1S/C8H14N2/c1-7(2)4-8-5-9-6-10(8)3/h5-7H,4H2,1-3H3/p+1. The van der Waals surface area contributed by atoms with E-state index in [0.717, 1.165) is 12.3 Å². The maximum atomic E-state index is 3.07. The minimum atomic E-state index is 0.738. The lowest BCUT2D eigenvalue weighted by Crippen LogP contribution is -2.30. The predicted molar refractivity (Wildman–Crippen MR) is 40.5 cm³/mol. The van der Waals surface area contributed by atoms with Gasteiger partial charge in [0.25, 0.3) is 0 Å². The van der Waals surface area contributed by atoms with Gasteiger partial charge in [-0.15, -0.1) is 0 Å². The number of aryl methyl sites for hydroxylation is 1. The second kappa shape index (κ2) is 2.86. The molecule has 0 unspecified atom stereocenters. The molecule has 0 aliphatic rings. The van der Waals surface area contributed by atoms with Gasteiger partial charge in [-0.05, 0) is 5.92 Å². The van der Waals surface area contributed by atoms with Crippen molar-refractivity contribution in [2.75, 3.05) is 0 Å². The summed E-state index contributed by atoms with van der Waals surface area (Å²) in [6.45, 7) is 4.46. The molecular weight excluding hydrogens is 124 g/mol. The second-order valence-electron chi connectivity index (χ2n) is 3.14. The third-order valence-corrected chi connectivity index (χ3v) is 1.59. The van der Waals surface area contributed by atoms with E-state index in [9.17, 15) is 0 Å². The van der Waals surface area contributed by atoms with Gasteiger partial charge in [0, 0.05) is 6.42 Å². The van der Waals surface area contributed by atoms with Crippen molar-refractivity contribution in [3.05, 3.63) is 18.2 Å². The highest BCUT2D eigenvalue weighted by molar-refractivity contribution is 4.86. The molecule has 0 saturated carbocycles. The molecule has 10 heavy (non-hydrogen) atoms. The van der Waals surface area contributed by atoms with E-state index in [1.807, 2.05) is 6.33 Å². The molecule has 0 saturated heterocycles. The summed E-state index contributed by atoms with van der Waals surface area (Å²) in [5.74, 6) is 0.738. The van der Waals surface area contributed by atoms with E-state index < -0.39 is 0 Å². The zero-order valence-corrected chi connectivity index (χ0v) is 6.89. The van der Waals surface area contributed by atoms with Crippen LogP contribution in [-0.4, -0.2) is 4.98 Å². The SMILES string of the molecule is CC(C)Cc1c[nH]c[n+]1C. The average molecular weight is 139 g/mol. The van der Waals surface area contributed by atoms with Gasteiger partial charge in [0.05, 0.1) is 7.05 Å². The minimum absolute atomic E-state index is 0.738. The summed E-state index contributed by atoms with van der Waals surface area (Å²) in [6, 6.07) is 0. The molecular formula is C8H15N2+. The Kier molecular flexibility index (Phi) is 2.10. The van der Waals surface area contributed by atoms with Crippen molar-refractivity contribution >= 4 is 0 Å². The van der Waals surface area contributed by atoms with Gasteiger partial charge in [-0.2, -0.15) is 0 Å². The van der Waals surface area contributed by atoms with Crippen molar-refractivity contribution in [3.8, 4) is 0 Å². The van der Waals surface area contributed by atoms with E-state index in [0.29, 0.717) is 0 Å². The first-order valence-electron chi connectivity index (χ1n) is 3.71. The lowest BCUT2D eigenvalue weighted by molar-refractivity contribution is -0.677. The van der Waals surface area contributed by atoms with Crippen molar-refractivity contribution in [2.45, 2.75) is 20.3 Å². The molecule has 2 heteroatoms. The predicted octanol–water partition coefficient (Wildman–Crippen LogP) is 1.04. The average Bonchev–Trinajstić information content (AvgIpc) is 2.15. The van der Waals surface area contributed by atoms with Crippen LogP contribution in [0.3, 0.4) is 0 Å². The molecule has 1 aromatic rings. The molecule has 1 aromatic heterocycles. The highest BCUT2D eigenvalue weighted by atomic mass is 15.0. The number of H-pyrrole nitrogens is 1. The molecule has 0 amide bonds. The molecule has 0 radical (unpaired) electrons. The molecule has 1 rings (SSSR count). The van der Waals surface area contributed by atoms with E-state index in [4.69, 9.17) is 0 Å². The Morgan fingerprint density at radius 3 is 2.70 bits per heavy atom. The van der Waals surface area contributed by atoms with Gasteiger partial charge >= 0.3 is 0 Å². The normalized spacial score (nSPS) is 10.8. The van der Waals surface area contributed by atoms with E-state index >= 15 is 0 Å². The van der Waals surface area contributed by atoms with Gasteiger partial charge < -0.3 is 0 Å². The molecule has 0 aliphatic carbocycles. The lowest BCUT2D eigenvalue weighted by Gasteiger charge is -1.98. The van der Waals surface area contributed by atoms with Crippen LogP contribution in [0.15, 0.2) is 12.5 Å². The van der Waals surface area contributed by atoms with E-state index in [1.54, 1.807) is 0 Å². The van der Waals surface area contributed by atoms with Gasteiger partial charge in [0.2, 0.25) is 6.33 Å². The molecule has 0 bridgehead atoms. The molecule has 0 aromatic carbocycles. The zero-order chi connectivity index (χ0) is 7.56. The fourth-order valence-electron chi connectivity index (χ4n) is 1.05. The largest absolute Gasteiger partial charge is 0.250 e. The quantitative estimate of drug-likeness (QED) is 0.591. The number of rotatable bonds is 2. The van der Waals surface area contributed by atoms with Crippen LogP contribution in [-0.2, 0) is 13.5 Å². The Labute approximate surface area is 61.9 Å². The molecule has 1 N–H and O–H groups in total. The monoisotopic (exact) mass is 139 g/mol. The van der Waals surface area contributed by atoms with Crippen LogP contribution >= 0.6 is 0 Å². The number of nitrogens with zero attached hydrogens (tertiary/aromatic N) is 1. The first-order chi connectivity index (χ1) is 4.70. The van der Waals surface area contributed by atoms with E-state index in [2.05, 4.69) is 36.6 Å². The van der Waals surface area contributed by atoms with Gasteiger partial charge in [0.15, 0.2) is 0 Å². The first-order valence-corrected chi connectivity index (χ1v) is 3.71. The maximum Gasteiger partial charge on any atom is 0.241 e. The number of nitrogens with one attached hydrogen (secondary N) is 1. The van der Waals surface area contributed by atoms with Crippen LogP contribution in [0.5, 0.6) is 0 Å². The Balaban J connectivity index is 2.65. The van der Waals surface area contributed by atoms with Crippen molar-refractivity contribution in [1.82, 2.24) is 4.98 Å². The van der Waals surface area contributed by atoms with Crippen molar-refractivity contribution in [1.29, 1.82) is 0 Å². The molecule has 56 valence electrons. The van der Waals surface area contributed by atoms with Crippen LogP contribution in [0, 0.1) is 5.92 Å². The number of hydrogen-bond donors (Lipinski definition) is 1. The van der Waals surface area contributed by atoms with Crippen molar-refractivity contribution < 1.29 is 4.57 Å². The summed E-state index contributed by atoms with van der Waals surface area (Å²) in [5.41, 5.74) is 1.37. The van der Waals surface area contributed by atoms with Crippen LogP contribution in [0.2, 0.25) is 0 Å². The number of aromatic amines is 1. The van der Waals surface area contributed by atoms with Crippen LogP contribution in [0.25, 0.3) is 0 Å². The summed E-state index contributed by atoms with van der Waals surface area (Å²) in [5, 5.41) is 0. The molecule has 0 atom stereocenters. The summed E-state index contributed by atoms with van der Waals surface area (Å²) >= 11 is 0. The zero-order valence-electron chi connectivity index (χ0n) is 6.89. The van der Waals surface area contributed by atoms with Gasteiger partial charge in [-0.3, -0.25) is 0 Å². The van der Waals surface area contributed by atoms with Crippen molar-refractivity contribution in [3.63, 3.8) is 0 Å².